The first-order valence-corrected chi connectivity index (χ1v) is 11.1. The molecule has 0 bridgehead atoms. The minimum atomic E-state index is -0.595. The Bertz CT molecular complexity index is 1080. The number of hydrogen-bond donors (Lipinski definition) is 2. The van der Waals surface area contributed by atoms with Gasteiger partial charge in [-0.2, -0.15) is 0 Å². The molecule has 2 aromatic rings. The molecule has 1 atom stereocenters. The van der Waals surface area contributed by atoms with E-state index in [2.05, 4.69) is 17.6 Å². The molecule has 1 aliphatic rings. The second-order valence-electron chi connectivity index (χ2n) is 7.37. The number of methoxy groups -OCH3 is 3. The minimum absolute atomic E-state index is 0.147. The van der Waals surface area contributed by atoms with E-state index in [1.165, 1.54) is 50.9 Å². The Hall–Kier alpha value is -2.98. The van der Waals surface area contributed by atoms with Crippen molar-refractivity contribution in [3.05, 3.63) is 45.3 Å². The largest absolute Gasteiger partial charge is 0.465 e. The van der Waals surface area contributed by atoms with E-state index in [0.717, 1.165) is 29.7 Å². The highest BCUT2D eigenvalue weighted by molar-refractivity contribution is 7.80. The standard InChI is InChI=1S/C22H24N2O6S2/c1-11-5-7-14-16(9-11)32-18(17(14)21(27)30-4)24-22(31)23-15-10-12(19(25)28-2)6-8-13(15)20(26)29-3/h6,8,10-11H,5,7,9H2,1-4H3,(H2,23,24,31). The van der Waals surface area contributed by atoms with Crippen molar-refractivity contribution < 1.29 is 28.6 Å². The zero-order chi connectivity index (χ0) is 23.4. The van der Waals surface area contributed by atoms with E-state index in [4.69, 9.17) is 26.4 Å². The summed E-state index contributed by atoms with van der Waals surface area (Å²) in [6.45, 7) is 2.18. The van der Waals surface area contributed by atoms with Gasteiger partial charge in [0.05, 0.1) is 43.7 Å². The number of nitrogens with one attached hydrogen (secondary N) is 2. The van der Waals surface area contributed by atoms with E-state index in [-0.39, 0.29) is 21.9 Å². The van der Waals surface area contributed by atoms with Crippen molar-refractivity contribution in [3.63, 3.8) is 0 Å². The van der Waals surface area contributed by atoms with Crippen LogP contribution in [0.1, 0.15) is 54.9 Å². The Morgan fingerprint density at radius 2 is 1.72 bits per heavy atom. The summed E-state index contributed by atoms with van der Waals surface area (Å²) in [5, 5.41) is 6.72. The normalized spacial score (nSPS) is 14.7. The van der Waals surface area contributed by atoms with Crippen molar-refractivity contribution >= 4 is 57.3 Å². The number of carbonyl (C=O) groups excluding carboxylic acids is 3. The van der Waals surface area contributed by atoms with Crippen LogP contribution in [0, 0.1) is 5.92 Å². The molecule has 2 N–H and O–H groups in total. The molecule has 3 rings (SSSR count). The lowest BCUT2D eigenvalue weighted by atomic mass is 9.88. The predicted molar refractivity (Wildman–Crippen MR) is 126 cm³/mol. The maximum atomic E-state index is 12.5. The third-order valence-electron chi connectivity index (χ3n) is 5.22. The summed E-state index contributed by atoms with van der Waals surface area (Å²) >= 11 is 6.92. The number of benzene rings is 1. The number of thiocarbonyl (C=S) groups is 1. The minimum Gasteiger partial charge on any atom is -0.465 e. The van der Waals surface area contributed by atoms with Crippen LogP contribution in [0.5, 0.6) is 0 Å². The molecule has 1 aliphatic carbocycles. The van der Waals surface area contributed by atoms with Gasteiger partial charge in [-0.1, -0.05) is 6.92 Å². The van der Waals surface area contributed by atoms with Gasteiger partial charge in [0.15, 0.2) is 5.11 Å². The predicted octanol–water partition coefficient (Wildman–Crippen LogP) is 4.04. The van der Waals surface area contributed by atoms with Gasteiger partial charge in [-0.25, -0.2) is 14.4 Å². The van der Waals surface area contributed by atoms with Crippen molar-refractivity contribution in [1.29, 1.82) is 0 Å². The van der Waals surface area contributed by atoms with Crippen LogP contribution < -0.4 is 10.6 Å². The number of anilines is 2. The number of rotatable bonds is 5. The summed E-state index contributed by atoms with van der Waals surface area (Å²) in [6.07, 6.45) is 2.69. The zero-order valence-corrected chi connectivity index (χ0v) is 19.8. The molecule has 0 radical (unpaired) electrons. The van der Waals surface area contributed by atoms with Gasteiger partial charge in [0, 0.05) is 4.88 Å². The smallest absolute Gasteiger partial charge is 0.341 e. The van der Waals surface area contributed by atoms with Gasteiger partial charge in [0.1, 0.15) is 5.00 Å². The van der Waals surface area contributed by atoms with Gasteiger partial charge in [-0.3, -0.25) is 0 Å². The van der Waals surface area contributed by atoms with Gasteiger partial charge < -0.3 is 24.8 Å². The number of thiophene rings is 1. The molecule has 1 aromatic carbocycles. The van der Waals surface area contributed by atoms with Crippen LogP contribution in [0.4, 0.5) is 10.7 Å². The number of ether oxygens (including phenoxy) is 3. The molecule has 0 fully saturated rings. The second kappa shape index (κ2) is 10.1. The third kappa shape index (κ3) is 4.91. The highest BCUT2D eigenvalue weighted by atomic mass is 32.1. The Kier molecular flexibility index (Phi) is 7.47. The molecule has 1 heterocycles. The molecular formula is C22H24N2O6S2. The lowest BCUT2D eigenvalue weighted by Gasteiger charge is -2.18. The molecule has 0 amide bonds. The van der Waals surface area contributed by atoms with E-state index in [1.54, 1.807) is 0 Å². The van der Waals surface area contributed by atoms with Gasteiger partial charge in [-0.15, -0.1) is 11.3 Å². The second-order valence-corrected chi connectivity index (χ2v) is 8.88. The van der Waals surface area contributed by atoms with E-state index in [0.29, 0.717) is 16.5 Å². The molecule has 170 valence electrons. The maximum absolute atomic E-state index is 12.5. The molecule has 1 unspecified atom stereocenters. The average Bonchev–Trinajstić information content (AvgIpc) is 3.13. The third-order valence-corrected chi connectivity index (χ3v) is 6.60. The summed E-state index contributed by atoms with van der Waals surface area (Å²) < 4.78 is 14.6. The lowest BCUT2D eigenvalue weighted by molar-refractivity contribution is 0.0587. The van der Waals surface area contributed by atoms with Gasteiger partial charge in [0.2, 0.25) is 0 Å². The highest BCUT2D eigenvalue weighted by Gasteiger charge is 2.28. The van der Waals surface area contributed by atoms with Gasteiger partial charge >= 0.3 is 17.9 Å². The van der Waals surface area contributed by atoms with Crippen LogP contribution in [-0.4, -0.2) is 44.3 Å². The topological polar surface area (TPSA) is 103 Å². The molecule has 1 aromatic heterocycles. The lowest BCUT2D eigenvalue weighted by Crippen LogP contribution is -2.22. The zero-order valence-electron chi connectivity index (χ0n) is 18.2. The number of esters is 3. The Balaban J connectivity index is 1.91. The Morgan fingerprint density at radius 1 is 1.03 bits per heavy atom. The summed E-state index contributed by atoms with van der Waals surface area (Å²) in [5.41, 5.74) is 2.18. The van der Waals surface area contributed by atoms with Crippen LogP contribution in [0.2, 0.25) is 0 Å². The van der Waals surface area contributed by atoms with E-state index in [1.807, 2.05) is 0 Å². The summed E-state index contributed by atoms with van der Waals surface area (Å²) in [7, 11) is 3.87. The Labute approximate surface area is 195 Å². The fourth-order valence-corrected chi connectivity index (χ4v) is 5.27. The van der Waals surface area contributed by atoms with Crippen molar-refractivity contribution in [1.82, 2.24) is 0 Å². The fourth-order valence-electron chi connectivity index (χ4n) is 3.59. The monoisotopic (exact) mass is 476 g/mol. The summed E-state index contributed by atoms with van der Waals surface area (Å²) in [4.78, 5) is 37.7. The van der Waals surface area contributed by atoms with Crippen LogP contribution in [0.3, 0.4) is 0 Å². The average molecular weight is 477 g/mol. The molecule has 0 spiro atoms. The van der Waals surface area contributed by atoms with Crippen LogP contribution in [-0.2, 0) is 27.1 Å². The first-order valence-electron chi connectivity index (χ1n) is 9.90. The van der Waals surface area contributed by atoms with Crippen LogP contribution >= 0.6 is 23.6 Å². The molecule has 10 heteroatoms. The summed E-state index contributed by atoms with van der Waals surface area (Å²) in [5.74, 6) is -1.04. The van der Waals surface area contributed by atoms with Crippen LogP contribution in [0.15, 0.2) is 18.2 Å². The number of carbonyl (C=O) groups is 3. The van der Waals surface area contributed by atoms with Crippen molar-refractivity contribution in [3.8, 4) is 0 Å². The molecule has 0 saturated carbocycles. The number of fused-ring (bicyclic) bond motifs is 1. The first kappa shape index (κ1) is 23.7. The first-order chi connectivity index (χ1) is 15.3. The summed E-state index contributed by atoms with van der Waals surface area (Å²) in [6, 6.07) is 4.37. The quantitative estimate of drug-likeness (QED) is 0.376. The highest BCUT2D eigenvalue weighted by Crippen LogP contribution is 2.40. The van der Waals surface area contributed by atoms with Gasteiger partial charge in [-0.05, 0) is 61.2 Å². The molecular weight excluding hydrogens is 452 g/mol. The van der Waals surface area contributed by atoms with Crippen molar-refractivity contribution in [2.75, 3.05) is 32.0 Å². The molecule has 0 saturated heterocycles. The van der Waals surface area contributed by atoms with Crippen molar-refractivity contribution in [2.45, 2.75) is 26.2 Å². The molecule has 8 nitrogen and oxygen atoms in total. The molecule has 0 aliphatic heterocycles. The van der Waals surface area contributed by atoms with E-state index in [9.17, 15) is 14.4 Å². The fraction of sp³-hybridized carbons (Fsp3) is 0.364. The number of hydrogen-bond acceptors (Lipinski definition) is 8. The van der Waals surface area contributed by atoms with E-state index >= 15 is 0 Å². The SMILES string of the molecule is COC(=O)c1ccc(C(=O)OC)c(NC(=S)Nc2sc3c(c2C(=O)OC)CCC(C)C3)c1. The molecule has 32 heavy (non-hydrogen) atoms. The van der Waals surface area contributed by atoms with Gasteiger partial charge in [0.25, 0.3) is 0 Å². The van der Waals surface area contributed by atoms with Crippen LogP contribution in [0.25, 0.3) is 0 Å². The maximum Gasteiger partial charge on any atom is 0.341 e. The Morgan fingerprint density at radius 3 is 2.38 bits per heavy atom. The van der Waals surface area contributed by atoms with Crippen molar-refractivity contribution in [2.24, 2.45) is 5.92 Å². The van der Waals surface area contributed by atoms with E-state index < -0.39 is 17.9 Å².